The van der Waals surface area contributed by atoms with Crippen LogP contribution in [0.5, 0.6) is 0 Å². The first-order valence-electron chi connectivity index (χ1n) is 11.1. The molecule has 0 radical (unpaired) electrons. The molecule has 0 aliphatic carbocycles. The Hall–Kier alpha value is -3.26. The van der Waals surface area contributed by atoms with E-state index in [9.17, 15) is 9.59 Å². The van der Waals surface area contributed by atoms with Crippen molar-refractivity contribution >= 4 is 23.3 Å². The van der Waals surface area contributed by atoms with Crippen molar-refractivity contribution in [3.8, 4) is 0 Å². The van der Waals surface area contributed by atoms with E-state index in [4.69, 9.17) is 9.72 Å². The fraction of sp³-hybridized carbons (Fsp3) is 0.417. The molecule has 32 heavy (non-hydrogen) atoms. The molecule has 0 saturated carbocycles. The Morgan fingerprint density at radius 2 is 1.94 bits per heavy atom. The second kappa shape index (κ2) is 10.4. The zero-order chi connectivity index (χ0) is 22.3. The topological polar surface area (TPSA) is 87.7 Å². The smallest absolute Gasteiger partial charge is 0.253 e. The van der Waals surface area contributed by atoms with Crippen molar-refractivity contribution in [1.29, 1.82) is 0 Å². The number of nitrogens with one attached hydrogen (secondary N) is 1. The molecule has 1 N–H and O–H groups in total. The summed E-state index contributed by atoms with van der Waals surface area (Å²) in [5, 5.41) is 2.69. The Morgan fingerprint density at radius 3 is 2.69 bits per heavy atom. The third-order valence-electron chi connectivity index (χ3n) is 5.89. The summed E-state index contributed by atoms with van der Waals surface area (Å²) >= 11 is 0. The largest absolute Gasteiger partial charge is 0.378 e. The lowest BCUT2D eigenvalue weighted by molar-refractivity contribution is -0.111. The number of piperidine rings is 1. The molecule has 2 saturated heterocycles. The second-order valence-electron chi connectivity index (χ2n) is 8.16. The fourth-order valence-corrected chi connectivity index (χ4v) is 4.20. The van der Waals surface area contributed by atoms with Crippen LogP contribution in [0.4, 0.5) is 11.5 Å². The number of anilines is 2. The van der Waals surface area contributed by atoms with Gasteiger partial charge < -0.3 is 19.9 Å². The average Bonchev–Trinajstić information content (AvgIpc) is 2.85. The van der Waals surface area contributed by atoms with E-state index in [0.29, 0.717) is 23.7 Å². The molecule has 2 aliphatic rings. The second-order valence-corrected chi connectivity index (χ2v) is 8.16. The van der Waals surface area contributed by atoms with Crippen LogP contribution in [0.2, 0.25) is 0 Å². The van der Waals surface area contributed by atoms with Crippen LogP contribution in [0.3, 0.4) is 0 Å². The van der Waals surface area contributed by atoms with Crippen molar-refractivity contribution in [2.75, 3.05) is 49.6 Å². The Labute approximate surface area is 188 Å². The quantitative estimate of drug-likeness (QED) is 0.702. The van der Waals surface area contributed by atoms with E-state index >= 15 is 0 Å². The van der Waals surface area contributed by atoms with Gasteiger partial charge in [0.2, 0.25) is 5.91 Å². The van der Waals surface area contributed by atoms with Gasteiger partial charge in [-0.2, -0.15) is 0 Å². The Kier molecular flexibility index (Phi) is 7.11. The highest BCUT2D eigenvalue weighted by atomic mass is 16.5. The van der Waals surface area contributed by atoms with Gasteiger partial charge in [0.15, 0.2) is 0 Å². The normalized spacial score (nSPS) is 18.8. The van der Waals surface area contributed by atoms with E-state index in [2.05, 4.69) is 21.8 Å². The number of rotatable bonds is 6. The average molecular weight is 436 g/mol. The van der Waals surface area contributed by atoms with Crippen LogP contribution in [0.15, 0.2) is 49.2 Å². The summed E-state index contributed by atoms with van der Waals surface area (Å²) in [6.07, 6.45) is 5.82. The number of carbonyl (C=O) groups excluding carboxylic acids is 2. The summed E-state index contributed by atoms with van der Waals surface area (Å²) in [6.45, 7) is 8.02. The molecule has 2 aromatic rings. The summed E-state index contributed by atoms with van der Waals surface area (Å²) < 4.78 is 5.43. The van der Waals surface area contributed by atoms with Gasteiger partial charge in [-0.3, -0.25) is 9.59 Å². The molecule has 0 spiro atoms. The highest BCUT2D eigenvalue weighted by molar-refractivity contribution is 5.99. The Morgan fingerprint density at radius 1 is 1.16 bits per heavy atom. The first-order valence-corrected chi connectivity index (χ1v) is 11.1. The van der Waals surface area contributed by atoms with Crippen molar-refractivity contribution < 1.29 is 14.3 Å². The van der Waals surface area contributed by atoms with Crippen molar-refractivity contribution in [3.63, 3.8) is 0 Å². The third-order valence-corrected chi connectivity index (χ3v) is 5.89. The molecule has 2 fully saturated rings. The molecule has 8 nitrogen and oxygen atoms in total. The number of ether oxygens (including phenoxy) is 1. The molecule has 1 aromatic carbocycles. The summed E-state index contributed by atoms with van der Waals surface area (Å²) in [6, 6.07) is 8.92. The van der Waals surface area contributed by atoms with Gasteiger partial charge in [0.1, 0.15) is 11.6 Å². The number of carbonyl (C=O) groups is 2. The van der Waals surface area contributed by atoms with E-state index in [1.807, 2.05) is 17.2 Å². The number of hydrogen-bond donors (Lipinski definition) is 1. The molecule has 0 bridgehead atoms. The van der Waals surface area contributed by atoms with E-state index in [0.717, 1.165) is 63.8 Å². The lowest BCUT2D eigenvalue weighted by Crippen LogP contribution is -2.40. The predicted octanol–water partition coefficient (Wildman–Crippen LogP) is 2.53. The summed E-state index contributed by atoms with van der Waals surface area (Å²) in [5.74, 6) is 1.85. The summed E-state index contributed by atoms with van der Waals surface area (Å²) in [7, 11) is 0. The summed E-state index contributed by atoms with van der Waals surface area (Å²) in [4.78, 5) is 37.8. The van der Waals surface area contributed by atoms with Gasteiger partial charge in [-0.25, -0.2) is 9.97 Å². The SMILES string of the molecule is C=CC(=O)Nc1ccc(C(=O)N2CCC[C@@H](Cc3nccc(N4CCOCC4)n3)C2)cc1. The maximum Gasteiger partial charge on any atom is 0.253 e. The minimum absolute atomic E-state index is 0.0132. The zero-order valence-corrected chi connectivity index (χ0v) is 18.2. The maximum atomic E-state index is 13.0. The van der Waals surface area contributed by atoms with Crippen molar-refractivity contribution in [2.24, 2.45) is 5.92 Å². The Balaban J connectivity index is 1.36. The van der Waals surface area contributed by atoms with Crippen LogP contribution >= 0.6 is 0 Å². The van der Waals surface area contributed by atoms with Crippen LogP contribution in [0.1, 0.15) is 29.0 Å². The number of nitrogens with zero attached hydrogens (tertiary/aromatic N) is 4. The van der Waals surface area contributed by atoms with Crippen LogP contribution in [-0.2, 0) is 16.0 Å². The number of benzene rings is 1. The lowest BCUT2D eigenvalue weighted by Gasteiger charge is -2.33. The third kappa shape index (κ3) is 5.50. The molecule has 2 aliphatic heterocycles. The molecule has 2 amide bonds. The predicted molar refractivity (Wildman–Crippen MR) is 123 cm³/mol. The zero-order valence-electron chi connectivity index (χ0n) is 18.2. The van der Waals surface area contributed by atoms with Gasteiger partial charge >= 0.3 is 0 Å². The van der Waals surface area contributed by atoms with Crippen molar-refractivity contribution in [1.82, 2.24) is 14.9 Å². The first-order chi connectivity index (χ1) is 15.6. The van der Waals surface area contributed by atoms with Crippen LogP contribution in [0, 0.1) is 5.92 Å². The van der Waals surface area contributed by atoms with E-state index < -0.39 is 0 Å². The first kappa shape index (κ1) is 22.0. The van der Waals surface area contributed by atoms with Gasteiger partial charge in [0.25, 0.3) is 5.91 Å². The van der Waals surface area contributed by atoms with E-state index in [-0.39, 0.29) is 11.8 Å². The standard InChI is InChI=1S/C24H29N5O3/c1-2-23(30)26-20-7-5-19(6-8-20)24(31)29-11-3-4-18(17-29)16-21-25-10-9-22(27-21)28-12-14-32-15-13-28/h2,5-10,18H,1,3-4,11-17H2,(H,26,30)/t18-/m0/s1. The van der Waals surface area contributed by atoms with Crippen LogP contribution in [-0.4, -0.2) is 66.1 Å². The van der Waals surface area contributed by atoms with Gasteiger partial charge in [-0.05, 0) is 55.2 Å². The Bertz CT molecular complexity index is 956. The lowest BCUT2D eigenvalue weighted by atomic mass is 9.94. The van der Waals surface area contributed by atoms with E-state index in [1.54, 1.807) is 24.3 Å². The molecule has 3 heterocycles. The number of hydrogen-bond acceptors (Lipinski definition) is 6. The number of morpholine rings is 1. The number of amides is 2. The molecule has 1 atom stereocenters. The van der Waals surface area contributed by atoms with Gasteiger partial charge in [0.05, 0.1) is 13.2 Å². The van der Waals surface area contributed by atoms with Gasteiger partial charge in [-0.15, -0.1) is 0 Å². The molecular formula is C24H29N5O3. The van der Waals surface area contributed by atoms with Crippen molar-refractivity contribution in [2.45, 2.75) is 19.3 Å². The fourth-order valence-electron chi connectivity index (χ4n) is 4.20. The molecule has 1 aromatic heterocycles. The number of likely N-dealkylation sites (tertiary alicyclic amines) is 1. The van der Waals surface area contributed by atoms with Crippen LogP contribution < -0.4 is 10.2 Å². The minimum atomic E-state index is -0.275. The number of aromatic nitrogens is 2. The van der Waals surface area contributed by atoms with Crippen LogP contribution in [0.25, 0.3) is 0 Å². The maximum absolute atomic E-state index is 13.0. The van der Waals surface area contributed by atoms with Gasteiger partial charge in [0, 0.05) is 50.0 Å². The molecule has 168 valence electrons. The van der Waals surface area contributed by atoms with Crippen molar-refractivity contribution in [3.05, 3.63) is 60.6 Å². The van der Waals surface area contributed by atoms with E-state index in [1.165, 1.54) is 6.08 Å². The minimum Gasteiger partial charge on any atom is -0.378 e. The van der Waals surface area contributed by atoms with Gasteiger partial charge in [-0.1, -0.05) is 6.58 Å². The molecular weight excluding hydrogens is 406 g/mol. The monoisotopic (exact) mass is 435 g/mol. The molecule has 4 rings (SSSR count). The summed E-state index contributed by atoms with van der Waals surface area (Å²) in [5.41, 5.74) is 1.26. The highest BCUT2D eigenvalue weighted by Gasteiger charge is 2.25. The molecule has 8 heteroatoms. The molecule has 0 unspecified atom stereocenters. The highest BCUT2D eigenvalue weighted by Crippen LogP contribution is 2.23.